The summed E-state index contributed by atoms with van der Waals surface area (Å²) in [5, 5.41) is 0. The van der Waals surface area contributed by atoms with Crippen molar-refractivity contribution in [3.05, 3.63) is 47.5 Å². The van der Waals surface area contributed by atoms with E-state index in [0.717, 1.165) is 72.3 Å². The van der Waals surface area contributed by atoms with E-state index in [-0.39, 0.29) is 42.4 Å². The lowest BCUT2D eigenvalue weighted by molar-refractivity contribution is -0.149. The molecule has 2 aromatic rings. The molecule has 0 aliphatic carbocycles. The number of aryl methyl sites for hydroxylation is 1. The molecule has 3 fully saturated rings. The molecular weight excluding hydrogens is 486 g/mol. The molecule has 4 aliphatic rings. The molecule has 8 heteroatoms. The summed E-state index contributed by atoms with van der Waals surface area (Å²) in [6.07, 6.45) is 4.49. The molecule has 0 amide bonds. The van der Waals surface area contributed by atoms with Crippen LogP contribution in [0.4, 0.5) is 4.79 Å². The van der Waals surface area contributed by atoms with Gasteiger partial charge >= 0.3 is 12.1 Å². The fourth-order valence-electron chi connectivity index (χ4n) is 7.11. The van der Waals surface area contributed by atoms with Crippen LogP contribution >= 0.6 is 0 Å². The summed E-state index contributed by atoms with van der Waals surface area (Å²) >= 11 is 0. The van der Waals surface area contributed by atoms with E-state index in [4.69, 9.17) is 23.7 Å². The zero-order chi connectivity index (χ0) is 26.4. The highest BCUT2D eigenvalue weighted by atomic mass is 16.8. The molecule has 4 aliphatic heterocycles. The Morgan fingerprint density at radius 2 is 1.71 bits per heavy atom. The molecule has 0 N–H and O–H groups in total. The molecule has 38 heavy (non-hydrogen) atoms. The van der Waals surface area contributed by atoms with Crippen molar-refractivity contribution in [1.29, 1.82) is 0 Å². The maximum Gasteiger partial charge on any atom is 0.509 e. The Labute approximate surface area is 223 Å². The zero-order valence-corrected chi connectivity index (χ0v) is 22.2. The first-order valence-corrected chi connectivity index (χ1v) is 13.6. The number of fused-ring (bicyclic) bond motifs is 8. The van der Waals surface area contributed by atoms with Gasteiger partial charge in [-0.15, -0.1) is 0 Å². The van der Waals surface area contributed by atoms with E-state index in [9.17, 15) is 9.59 Å². The number of esters is 1. The van der Waals surface area contributed by atoms with Crippen LogP contribution in [0.25, 0.3) is 11.1 Å². The van der Waals surface area contributed by atoms with Gasteiger partial charge < -0.3 is 23.7 Å². The summed E-state index contributed by atoms with van der Waals surface area (Å²) in [5.41, 5.74) is 4.21. The number of carbonyl (C=O) groups excluding carboxylic acids is 2. The summed E-state index contributed by atoms with van der Waals surface area (Å²) in [5.74, 6) is 1.28. The van der Waals surface area contributed by atoms with Crippen molar-refractivity contribution in [2.24, 2.45) is 0 Å². The molecule has 2 aromatic carbocycles. The van der Waals surface area contributed by atoms with Crippen molar-refractivity contribution in [2.45, 2.75) is 88.3 Å². The van der Waals surface area contributed by atoms with Gasteiger partial charge in [-0.3, -0.25) is 9.69 Å². The lowest BCUT2D eigenvalue weighted by atomic mass is 9.78. The van der Waals surface area contributed by atoms with Gasteiger partial charge in [0.15, 0.2) is 6.10 Å². The fourth-order valence-corrected chi connectivity index (χ4v) is 7.11. The van der Waals surface area contributed by atoms with Gasteiger partial charge in [0, 0.05) is 36.6 Å². The van der Waals surface area contributed by atoms with Crippen LogP contribution in [0.15, 0.2) is 36.4 Å². The first-order valence-electron chi connectivity index (χ1n) is 13.6. The van der Waals surface area contributed by atoms with E-state index in [1.54, 1.807) is 14.2 Å². The van der Waals surface area contributed by atoms with Crippen LogP contribution in [-0.4, -0.2) is 61.6 Å². The van der Waals surface area contributed by atoms with Gasteiger partial charge in [0.1, 0.15) is 23.7 Å². The summed E-state index contributed by atoms with van der Waals surface area (Å²) in [6, 6.07) is 12.8. The molecule has 6 unspecified atom stereocenters. The minimum Gasteiger partial charge on any atom is -0.496 e. The first kappa shape index (κ1) is 25.0. The first-order chi connectivity index (χ1) is 18.4. The summed E-state index contributed by atoms with van der Waals surface area (Å²) in [6.45, 7) is 1.48. The highest BCUT2D eigenvalue weighted by Crippen LogP contribution is 2.48. The van der Waals surface area contributed by atoms with Gasteiger partial charge in [-0.1, -0.05) is 18.6 Å². The van der Waals surface area contributed by atoms with Crippen molar-refractivity contribution in [3.8, 4) is 22.6 Å². The maximum atomic E-state index is 12.2. The molecule has 4 bridgehead atoms. The predicted molar refractivity (Wildman–Crippen MR) is 139 cm³/mol. The highest BCUT2D eigenvalue weighted by Gasteiger charge is 2.54. The van der Waals surface area contributed by atoms with Gasteiger partial charge in [-0.05, 0) is 67.5 Å². The molecule has 0 radical (unpaired) electrons. The topological polar surface area (TPSA) is 83.5 Å². The second kappa shape index (κ2) is 10.1. The largest absolute Gasteiger partial charge is 0.509 e. The van der Waals surface area contributed by atoms with Crippen LogP contribution in [-0.2, 0) is 25.4 Å². The third-order valence-corrected chi connectivity index (χ3v) is 8.67. The molecule has 8 nitrogen and oxygen atoms in total. The number of ether oxygens (including phenoxy) is 5. The summed E-state index contributed by atoms with van der Waals surface area (Å²) in [7, 11) is 3.36. The Balaban J connectivity index is 1.51. The number of piperidine rings is 2. The maximum absolute atomic E-state index is 12.2. The molecule has 0 aromatic heterocycles. The van der Waals surface area contributed by atoms with Gasteiger partial charge in [0.25, 0.3) is 0 Å². The van der Waals surface area contributed by atoms with E-state index in [1.807, 2.05) is 12.1 Å². The normalized spacial score (nSPS) is 30.2. The van der Waals surface area contributed by atoms with Gasteiger partial charge in [0.05, 0.1) is 20.3 Å². The van der Waals surface area contributed by atoms with Gasteiger partial charge in [-0.2, -0.15) is 0 Å². The molecule has 202 valence electrons. The smallest absolute Gasteiger partial charge is 0.496 e. The second-order valence-corrected chi connectivity index (χ2v) is 10.8. The monoisotopic (exact) mass is 521 g/mol. The van der Waals surface area contributed by atoms with Crippen LogP contribution in [0, 0.1) is 0 Å². The molecule has 0 saturated carbocycles. The second-order valence-electron chi connectivity index (χ2n) is 10.8. The summed E-state index contributed by atoms with van der Waals surface area (Å²) < 4.78 is 28.8. The van der Waals surface area contributed by atoms with Crippen molar-refractivity contribution < 1.29 is 33.3 Å². The SMILES string of the molecule is COc1ccc2cc1-c1cc(ccc1OC)C1CC3OC(=O)OC3C3CCCC(CC(OC(C)=O)CC2)N13. The number of methoxy groups -OCH3 is 2. The Bertz CT molecular complexity index is 1230. The standard InChI is InChI=1S/C30H35NO7/c1-17(32)36-21-10-7-18-8-11-26(34-2)22(13-18)23-14-19(9-12-27(23)35-3)25-16-28-29(38-30(33)37-28)24-6-4-5-20(15-21)31(24)25/h8-9,11-14,20-21,24-25,28-29H,4-7,10,15-16H2,1-3H3. The number of hydrogen-bond donors (Lipinski definition) is 0. The summed E-state index contributed by atoms with van der Waals surface area (Å²) in [4.78, 5) is 26.8. The minimum absolute atomic E-state index is 0.0126. The lowest BCUT2D eigenvalue weighted by Gasteiger charge is -2.52. The van der Waals surface area contributed by atoms with Crippen molar-refractivity contribution in [2.75, 3.05) is 14.2 Å². The lowest BCUT2D eigenvalue weighted by Crippen LogP contribution is -2.60. The van der Waals surface area contributed by atoms with E-state index in [0.29, 0.717) is 6.42 Å². The van der Waals surface area contributed by atoms with Gasteiger partial charge in [0.2, 0.25) is 0 Å². The molecular formula is C30H35NO7. The minimum atomic E-state index is -0.577. The average Bonchev–Trinajstić information content (AvgIpc) is 3.30. The third kappa shape index (κ3) is 4.49. The molecule has 6 rings (SSSR count). The van der Waals surface area contributed by atoms with Crippen LogP contribution < -0.4 is 9.47 Å². The zero-order valence-electron chi connectivity index (χ0n) is 22.2. The molecule has 0 spiro atoms. The van der Waals surface area contributed by atoms with Crippen molar-refractivity contribution in [1.82, 2.24) is 4.90 Å². The van der Waals surface area contributed by atoms with Crippen LogP contribution in [0.3, 0.4) is 0 Å². The molecule has 4 heterocycles. The number of hydrogen-bond acceptors (Lipinski definition) is 8. The number of rotatable bonds is 3. The van der Waals surface area contributed by atoms with E-state index in [1.165, 1.54) is 6.92 Å². The number of carbonyl (C=O) groups is 2. The van der Waals surface area contributed by atoms with E-state index < -0.39 is 6.16 Å². The average molecular weight is 522 g/mol. The Morgan fingerprint density at radius 1 is 0.947 bits per heavy atom. The van der Waals surface area contributed by atoms with Crippen LogP contribution in [0.5, 0.6) is 11.5 Å². The van der Waals surface area contributed by atoms with E-state index >= 15 is 0 Å². The van der Waals surface area contributed by atoms with Crippen molar-refractivity contribution >= 4 is 12.1 Å². The van der Waals surface area contributed by atoms with Crippen LogP contribution in [0.1, 0.15) is 62.6 Å². The Morgan fingerprint density at radius 3 is 2.47 bits per heavy atom. The molecule has 3 saturated heterocycles. The number of benzene rings is 2. The van der Waals surface area contributed by atoms with E-state index in [2.05, 4.69) is 29.2 Å². The Kier molecular flexibility index (Phi) is 6.68. The Hall–Kier alpha value is -3.26. The van der Waals surface area contributed by atoms with Crippen molar-refractivity contribution in [3.63, 3.8) is 0 Å². The quantitative estimate of drug-likeness (QED) is 0.509. The fraction of sp³-hybridized carbons (Fsp3) is 0.533. The van der Waals surface area contributed by atoms with Crippen LogP contribution in [0.2, 0.25) is 0 Å². The predicted octanol–water partition coefficient (Wildman–Crippen LogP) is 5.21. The third-order valence-electron chi connectivity index (χ3n) is 8.67. The van der Waals surface area contributed by atoms with Gasteiger partial charge in [-0.25, -0.2) is 4.79 Å². The molecule has 6 atom stereocenters. The number of nitrogens with zero attached hydrogens (tertiary/aromatic N) is 1. The highest BCUT2D eigenvalue weighted by molar-refractivity contribution is 5.77.